The summed E-state index contributed by atoms with van der Waals surface area (Å²) in [7, 11) is 0. The summed E-state index contributed by atoms with van der Waals surface area (Å²) in [5.41, 5.74) is 3.64. The van der Waals surface area contributed by atoms with Crippen molar-refractivity contribution < 1.29 is 19.4 Å². The van der Waals surface area contributed by atoms with Gasteiger partial charge < -0.3 is 14.7 Å². The Labute approximate surface area is 170 Å². The van der Waals surface area contributed by atoms with Gasteiger partial charge in [0, 0.05) is 31.7 Å². The van der Waals surface area contributed by atoms with E-state index in [0.717, 1.165) is 19.5 Å². The minimum Gasteiger partial charge on any atom is -0.491 e. The molecule has 2 aliphatic heterocycles. The smallest absolute Gasteiger partial charge is 0.257 e. The van der Waals surface area contributed by atoms with Gasteiger partial charge in [-0.05, 0) is 36.6 Å². The maximum absolute atomic E-state index is 12.9. The fourth-order valence-corrected chi connectivity index (χ4v) is 4.07. The van der Waals surface area contributed by atoms with E-state index in [1.54, 1.807) is 23.1 Å². The van der Waals surface area contributed by atoms with Crippen LogP contribution in [0.15, 0.2) is 42.5 Å². The zero-order chi connectivity index (χ0) is 20.4. The second kappa shape index (κ2) is 8.35. The number of ether oxygens (including phenoxy) is 1. The van der Waals surface area contributed by atoms with Crippen LogP contribution < -0.4 is 4.74 Å². The van der Waals surface area contributed by atoms with Crippen LogP contribution in [0.4, 0.5) is 0 Å². The van der Waals surface area contributed by atoms with Gasteiger partial charge in [-0.3, -0.25) is 14.5 Å². The molecule has 1 amide bonds. The third-order valence-electron chi connectivity index (χ3n) is 5.63. The molecule has 152 valence electrons. The fraction of sp³-hybridized carbons (Fsp3) is 0.391. The maximum atomic E-state index is 12.9. The van der Waals surface area contributed by atoms with Crippen LogP contribution in [0.2, 0.25) is 0 Å². The summed E-state index contributed by atoms with van der Waals surface area (Å²) in [6.07, 6.45) is 0.341. The number of β-amino-alcohol motifs (C(OH)–C–C–N with tert-alkyl or cyclic N) is 1. The normalized spacial score (nSPS) is 17.7. The standard InChI is InChI=1S/C23H26N2O4/c1-16(26)18-6-7-21-22(12-18)29-11-10-25(23(21)28)15-20(27)14-24-9-8-17-4-2-3-5-19(17)13-24/h2-7,12,20,27H,8-11,13-15H2,1H3/t20-/m1/s1. The molecule has 4 rings (SSSR count). The third kappa shape index (κ3) is 4.33. The molecule has 0 radical (unpaired) electrons. The molecule has 29 heavy (non-hydrogen) atoms. The Balaban J connectivity index is 1.40. The summed E-state index contributed by atoms with van der Waals surface area (Å²) >= 11 is 0. The molecule has 2 heterocycles. The van der Waals surface area contributed by atoms with E-state index in [2.05, 4.69) is 23.1 Å². The van der Waals surface area contributed by atoms with Gasteiger partial charge in [0.1, 0.15) is 12.4 Å². The molecule has 6 nitrogen and oxygen atoms in total. The summed E-state index contributed by atoms with van der Waals surface area (Å²) in [6.45, 7) is 4.74. The van der Waals surface area contributed by atoms with E-state index >= 15 is 0 Å². The highest BCUT2D eigenvalue weighted by Gasteiger charge is 2.27. The van der Waals surface area contributed by atoms with Crippen LogP contribution in [0, 0.1) is 0 Å². The molecule has 1 atom stereocenters. The van der Waals surface area contributed by atoms with Crippen molar-refractivity contribution in [3.63, 3.8) is 0 Å². The van der Waals surface area contributed by atoms with Crippen molar-refractivity contribution in [2.45, 2.75) is 26.0 Å². The minimum atomic E-state index is -0.637. The molecule has 0 unspecified atom stereocenters. The first-order chi connectivity index (χ1) is 14.0. The summed E-state index contributed by atoms with van der Waals surface area (Å²) < 4.78 is 5.70. The number of hydrogen-bond acceptors (Lipinski definition) is 5. The number of aliphatic hydroxyl groups excluding tert-OH is 1. The summed E-state index contributed by atoms with van der Waals surface area (Å²) in [6, 6.07) is 13.3. The number of nitrogens with zero attached hydrogens (tertiary/aromatic N) is 2. The van der Waals surface area contributed by atoms with Crippen molar-refractivity contribution in [3.8, 4) is 5.75 Å². The molecule has 0 aliphatic carbocycles. The number of aliphatic hydroxyl groups is 1. The predicted octanol–water partition coefficient (Wildman–Crippen LogP) is 2.14. The van der Waals surface area contributed by atoms with Gasteiger partial charge in [0.15, 0.2) is 5.78 Å². The molecule has 0 spiro atoms. The van der Waals surface area contributed by atoms with E-state index in [4.69, 9.17) is 4.74 Å². The molecule has 2 aromatic carbocycles. The Morgan fingerprint density at radius 2 is 1.93 bits per heavy atom. The summed E-state index contributed by atoms with van der Waals surface area (Å²) in [5, 5.41) is 10.7. The Morgan fingerprint density at radius 1 is 1.14 bits per heavy atom. The maximum Gasteiger partial charge on any atom is 0.257 e. The number of ketones is 1. The molecular formula is C23H26N2O4. The molecule has 2 aliphatic rings. The van der Waals surface area contributed by atoms with Crippen LogP contribution in [0.3, 0.4) is 0 Å². The molecule has 0 aromatic heterocycles. The first kappa shape index (κ1) is 19.6. The molecular weight excluding hydrogens is 368 g/mol. The minimum absolute atomic E-state index is 0.0662. The van der Waals surface area contributed by atoms with Gasteiger partial charge in [0.05, 0.1) is 18.2 Å². The Kier molecular flexibility index (Phi) is 5.65. The molecule has 2 aromatic rings. The van der Waals surface area contributed by atoms with Crippen LogP contribution >= 0.6 is 0 Å². The second-order valence-electron chi connectivity index (χ2n) is 7.77. The number of hydrogen-bond donors (Lipinski definition) is 1. The van der Waals surface area contributed by atoms with Crippen LogP contribution in [0.1, 0.15) is 38.8 Å². The van der Waals surface area contributed by atoms with Crippen LogP contribution in [-0.2, 0) is 13.0 Å². The van der Waals surface area contributed by atoms with E-state index in [1.807, 2.05) is 6.07 Å². The van der Waals surface area contributed by atoms with Gasteiger partial charge in [-0.15, -0.1) is 0 Å². The van der Waals surface area contributed by atoms with Crippen molar-refractivity contribution in [1.29, 1.82) is 0 Å². The van der Waals surface area contributed by atoms with Gasteiger partial charge in [0.25, 0.3) is 5.91 Å². The molecule has 0 saturated heterocycles. The Bertz CT molecular complexity index is 927. The van der Waals surface area contributed by atoms with Gasteiger partial charge in [-0.2, -0.15) is 0 Å². The van der Waals surface area contributed by atoms with Crippen molar-refractivity contribution in [3.05, 3.63) is 64.7 Å². The van der Waals surface area contributed by atoms with E-state index < -0.39 is 6.10 Å². The van der Waals surface area contributed by atoms with Crippen molar-refractivity contribution >= 4 is 11.7 Å². The second-order valence-corrected chi connectivity index (χ2v) is 7.77. The number of rotatable bonds is 5. The van der Waals surface area contributed by atoms with E-state index in [9.17, 15) is 14.7 Å². The summed E-state index contributed by atoms with van der Waals surface area (Å²) in [5.74, 6) is 0.200. The Hall–Kier alpha value is -2.70. The van der Waals surface area contributed by atoms with Crippen molar-refractivity contribution in [2.24, 2.45) is 0 Å². The van der Waals surface area contributed by atoms with Gasteiger partial charge in [-0.25, -0.2) is 0 Å². The first-order valence-electron chi connectivity index (χ1n) is 10.1. The number of benzene rings is 2. The number of carbonyl (C=O) groups excluding carboxylic acids is 2. The molecule has 0 bridgehead atoms. The fourth-order valence-electron chi connectivity index (χ4n) is 4.07. The van der Waals surface area contributed by atoms with E-state index in [1.165, 1.54) is 18.1 Å². The van der Waals surface area contributed by atoms with Crippen molar-refractivity contribution in [2.75, 3.05) is 32.8 Å². The third-order valence-corrected chi connectivity index (χ3v) is 5.63. The quantitative estimate of drug-likeness (QED) is 0.787. The zero-order valence-corrected chi connectivity index (χ0v) is 16.6. The SMILES string of the molecule is CC(=O)c1ccc2c(c1)OCCN(C[C@H](O)CN1CCc3ccccc3C1)C2=O. The lowest BCUT2D eigenvalue weighted by Gasteiger charge is -2.32. The number of fused-ring (bicyclic) bond motifs is 2. The van der Waals surface area contributed by atoms with Crippen molar-refractivity contribution in [1.82, 2.24) is 9.80 Å². The largest absolute Gasteiger partial charge is 0.491 e. The predicted molar refractivity (Wildman–Crippen MR) is 109 cm³/mol. The van der Waals surface area contributed by atoms with E-state index in [-0.39, 0.29) is 18.2 Å². The lowest BCUT2D eigenvalue weighted by molar-refractivity contribution is 0.0501. The topological polar surface area (TPSA) is 70.1 Å². The number of Topliss-reactive ketones (excluding diaryl/α,β-unsaturated/α-hetero) is 1. The summed E-state index contributed by atoms with van der Waals surface area (Å²) in [4.78, 5) is 28.4. The Morgan fingerprint density at radius 3 is 2.72 bits per heavy atom. The van der Waals surface area contributed by atoms with Gasteiger partial charge >= 0.3 is 0 Å². The average Bonchev–Trinajstić information content (AvgIpc) is 2.86. The highest BCUT2D eigenvalue weighted by Crippen LogP contribution is 2.25. The number of amides is 1. The number of carbonyl (C=O) groups is 2. The first-order valence-corrected chi connectivity index (χ1v) is 10.1. The monoisotopic (exact) mass is 394 g/mol. The lowest BCUT2D eigenvalue weighted by atomic mass is 10.00. The van der Waals surface area contributed by atoms with Crippen LogP contribution in [0.25, 0.3) is 0 Å². The zero-order valence-electron chi connectivity index (χ0n) is 16.6. The molecule has 6 heteroatoms. The van der Waals surface area contributed by atoms with Gasteiger partial charge in [-0.1, -0.05) is 30.3 Å². The van der Waals surface area contributed by atoms with Crippen LogP contribution in [-0.4, -0.2) is 65.5 Å². The lowest BCUT2D eigenvalue weighted by Crippen LogP contribution is -2.44. The molecule has 0 fully saturated rings. The average molecular weight is 394 g/mol. The highest BCUT2D eigenvalue weighted by molar-refractivity contribution is 6.00. The molecule has 1 N–H and O–H groups in total. The highest BCUT2D eigenvalue weighted by atomic mass is 16.5. The van der Waals surface area contributed by atoms with Crippen LogP contribution in [0.5, 0.6) is 5.75 Å². The molecule has 0 saturated carbocycles. The van der Waals surface area contributed by atoms with Gasteiger partial charge in [0.2, 0.25) is 0 Å². The van der Waals surface area contributed by atoms with E-state index in [0.29, 0.717) is 36.6 Å².